The number of ether oxygens (including phenoxy) is 2. The third-order valence-electron chi connectivity index (χ3n) is 4.89. The summed E-state index contributed by atoms with van der Waals surface area (Å²) in [6.45, 7) is 2.81. The van der Waals surface area contributed by atoms with Crippen LogP contribution < -0.4 is 20.9 Å². The van der Waals surface area contributed by atoms with Gasteiger partial charge in [0.05, 0.1) is 18.9 Å². The molecule has 0 unspecified atom stereocenters. The number of rotatable bonds is 7. The van der Waals surface area contributed by atoms with Gasteiger partial charge in [0.25, 0.3) is 0 Å². The molecule has 0 bridgehead atoms. The van der Waals surface area contributed by atoms with E-state index in [4.69, 9.17) is 32.5 Å². The molecule has 4 N–H and O–H groups in total. The number of hydrogen-bond acceptors (Lipinski definition) is 6. The maximum Gasteiger partial charge on any atom is 0.222 e. The second kappa shape index (κ2) is 9.13. The summed E-state index contributed by atoms with van der Waals surface area (Å²) < 4.78 is 11.8. The van der Waals surface area contributed by atoms with Crippen molar-refractivity contribution in [1.82, 2.24) is 9.97 Å². The molecule has 1 fully saturated rings. The van der Waals surface area contributed by atoms with E-state index in [0.29, 0.717) is 30.6 Å². The van der Waals surface area contributed by atoms with Crippen LogP contribution >= 0.6 is 11.6 Å². The smallest absolute Gasteiger partial charge is 0.222 e. The molecule has 1 aromatic carbocycles. The number of aromatic nitrogens is 2. The summed E-state index contributed by atoms with van der Waals surface area (Å²) in [4.78, 5) is 8.00. The number of aryl methyl sites for hydroxylation is 1. The molecule has 6 nitrogen and oxygen atoms in total. The van der Waals surface area contributed by atoms with Gasteiger partial charge in [0.1, 0.15) is 5.75 Å². The lowest BCUT2D eigenvalue weighted by Crippen LogP contribution is -2.11. The average molecular weight is 391 g/mol. The van der Waals surface area contributed by atoms with Gasteiger partial charge in [0, 0.05) is 11.4 Å². The summed E-state index contributed by atoms with van der Waals surface area (Å²) in [6.07, 6.45) is 6.99. The van der Waals surface area contributed by atoms with Crippen molar-refractivity contribution in [2.45, 2.75) is 51.4 Å². The second-order valence-electron chi connectivity index (χ2n) is 6.95. The van der Waals surface area contributed by atoms with E-state index in [-0.39, 0.29) is 11.8 Å². The van der Waals surface area contributed by atoms with Gasteiger partial charge in [-0.2, -0.15) is 4.98 Å². The van der Waals surface area contributed by atoms with Crippen molar-refractivity contribution < 1.29 is 9.47 Å². The number of anilines is 2. The first-order valence-electron chi connectivity index (χ1n) is 9.49. The van der Waals surface area contributed by atoms with Crippen LogP contribution in [0.5, 0.6) is 11.5 Å². The molecule has 0 spiro atoms. The van der Waals surface area contributed by atoms with Crippen LogP contribution in [0.2, 0.25) is 5.02 Å². The van der Waals surface area contributed by atoms with Crippen molar-refractivity contribution in [2.24, 2.45) is 0 Å². The Morgan fingerprint density at radius 1 is 1.07 bits per heavy atom. The predicted octanol–water partition coefficient (Wildman–Crippen LogP) is 4.50. The van der Waals surface area contributed by atoms with Crippen LogP contribution in [0.1, 0.15) is 55.7 Å². The zero-order chi connectivity index (χ0) is 19.2. The van der Waals surface area contributed by atoms with Crippen LogP contribution in [-0.4, -0.2) is 23.2 Å². The van der Waals surface area contributed by atoms with E-state index in [1.54, 1.807) is 6.92 Å². The highest BCUT2D eigenvalue weighted by Gasteiger charge is 2.19. The fourth-order valence-electron chi connectivity index (χ4n) is 3.58. The summed E-state index contributed by atoms with van der Waals surface area (Å²) in [5.41, 5.74) is 13.3. The monoisotopic (exact) mass is 390 g/mol. The molecule has 0 atom stereocenters. The van der Waals surface area contributed by atoms with E-state index in [0.717, 1.165) is 17.2 Å². The van der Waals surface area contributed by atoms with E-state index in [2.05, 4.69) is 16.0 Å². The first-order chi connectivity index (χ1) is 13.0. The molecular weight excluding hydrogens is 364 g/mol. The highest BCUT2D eigenvalue weighted by Crippen LogP contribution is 2.38. The van der Waals surface area contributed by atoms with Gasteiger partial charge in [-0.15, -0.1) is 0 Å². The van der Waals surface area contributed by atoms with Gasteiger partial charge in [-0.25, -0.2) is 4.98 Å². The van der Waals surface area contributed by atoms with Crippen molar-refractivity contribution in [3.63, 3.8) is 0 Å². The SMILES string of the molecule is Cc1nc(N)nc(N)c1OCCCOc1ccc(Cl)cc1C1CCCCC1. The molecule has 1 saturated carbocycles. The van der Waals surface area contributed by atoms with E-state index in [1.807, 2.05) is 12.1 Å². The molecule has 0 amide bonds. The van der Waals surface area contributed by atoms with Crippen molar-refractivity contribution in [3.8, 4) is 11.5 Å². The highest BCUT2D eigenvalue weighted by atomic mass is 35.5. The van der Waals surface area contributed by atoms with Gasteiger partial charge in [0.2, 0.25) is 5.95 Å². The standard InChI is InChI=1S/C20H27ClN4O2/c1-13-18(19(22)25-20(23)24-13)27-11-5-10-26-17-9-8-15(21)12-16(17)14-6-3-2-4-7-14/h8-9,12,14H,2-7,10-11H2,1H3,(H4,22,23,24,25). The van der Waals surface area contributed by atoms with E-state index < -0.39 is 0 Å². The van der Waals surface area contributed by atoms with Gasteiger partial charge in [-0.05, 0) is 49.4 Å². The Morgan fingerprint density at radius 2 is 1.81 bits per heavy atom. The zero-order valence-electron chi connectivity index (χ0n) is 15.7. The fourth-order valence-corrected chi connectivity index (χ4v) is 3.76. The molecule has 1 heterocycles. The Bertz CT molecular complexity index is 756. The largest absolute Gasteiger partial charge is 0.493 e. The second-order valence-corrected chi connectivity index (χ2v) is 7.39. The maximum absolute atomic E-state index is 6.22. The van der Waals surface area contributed by atoms with Crippen LogP contribution in [-0.2, 0) is 0 Å². The van der Waals surface area contributed by atoms with E-state index in [9.17, 15) is 0 Å². The molecular formula is C20H27ClN4O2. The lowest BCUT2D eigenvalue weighted by Gasteiger charge is -2.24. The van der Waals surface area contributed by atoms with Crippen LogP contribution in [0.4, 0.5) is 11.8 Å². The van der Waals surface area contributed by atoms with Crippen molar-refractivity contribution >= 4 is 23.4 Å². The van der Waals surface area contributed by atoms with Gasteiger partial charge in [-0.3, -0.25) is 0 Å². The number of nitrogens with two attached hydrogens (primary N) is 2. The summed E-state index contributed by atoms with van der Waals surface area (Å²) in [5.74, 6) is 2.37. The summed E-state index contributed by atoms with van der Waals surface area (Å²) in [7, 11) is 0. The minimum atomic E-state index is 0.152. The van der Waals surface area contributed by atoms with Crippen molar-refractivity contribution in [3.05, 3.63) is 34.5 Å². The Labute approximate surface area is 165 Å². The van der Waals surface area contributed by atoms with E-state index >= 15 is 0 Å². The minimum absolute atomic E-state index is 0.152. The first kappa shape index (κ1) is 19.5. The molecule has 1 aromatic heterocycles. The Balaban J connectivity index is 1.53. The minimum Gasteiger partial charge on any atom is -0.493 e. The highest BCUT2D eigenvalue weighted by molar-refractivity contribution is 6.30. The van der Waals surface area contributed by atoms with Gasteiger partial charge >= 0.3 is 0 Å². The van der Waals surface area contributed by atoms with Crippen LogP contribution in [0.3, 0.4) is 0 Å². The normalized spacial score (nSPS) is 14.9. The number of hydrogen-bond donors (Lipinski definition) is 2. The molecule has 0 aliphatic heterocycles. The Kier molecular flexibility index (Phi) is 6.61. The Morgan fingerprint density at radius 3 is 2.56 bits per heavy atom. The van der Waals surface area contributed by atoms with Crippen molar-refractivity contribution in [1.29, 1.82) is 0 Å². The molecule has 146 valence electrons. The van der Waals surface area contributed by atoms with Gasteiger partial charge in [0.15, 0.2) is 11.6 Å². The van der Waals surface area contributed by atoms with Gasteiger partial charge < -0.3 is 20.9 Å². The molecule has 1 aliphatic rings. The number of nitrogens with zero attached hydrogens (tertiary/aromatic N) is 2. The first-order valence-corrected chi connectivity index (χ1v) is 9.87. The topological polar surface area (TPSA) is 96.3 Å². The van der Waals surface area contributed by atoms with E-state index in [1.165, 1.54) is 37.7 Å². The van der Waals surface area contributed by atoms with Crippen LogP contribution in [0.15, 0.2) is 18.2 Å². The summed E-state index contributed by atoms with van der Waals surface area (Å²) >= 11 is 6.22. The third kappa shape index (κ3) is 5.16. The van der Waals surface area contributed by atoms with Crippen LogP contribution in [0.25, 0.3) is 0 Å². The molecule has 1 aliphatic carbocycles. The lowest BCUT2D eigenvalue weighted by atomic mass is 9.84. The van der Waals surface area contributed by atoms with Crippen LogP contribution in [0, 0.1) is 6.92 Å². The Hall–Kier alpha value is -2.21. The molecule has 7 heteroatoms. The number of halogens is 1. The number of benzene rings is 1. The van der Waals surface area contributed by atoms with Gasteiger partial charge in [-0.1, -0.05) is 30.9 Å². The molecule has 0 saturated heterocycles. The average Bonchev–Trinajstić information content (AvgIpc) is 2.65. The molecule has 2 aromatic rings. The lowest BCUT2D eigenvalue weighted by molar-refractivity contribution is 0.243. The zero-order valence-corrected chi connectivity index (χ0v) is 16.5. The number of nitrogen functional groups attached to an aromatic ring is 2. The summed E-state index contributed by atoms with van der Waals surface area (Å²) in [5, 5.41) is 0.764. The predicted molar refractivity (Wildman–Crippen MR) is 108 cm³/mol. The fraction of sp³-hybridized carbons (Fsp3) is 0.500. The van der Waals surface area contributed by atoms with Crippen molar-refractivity contribution in [2.75, 3.05) is 24.7 Å². The third-order valence-corrected chi connectivity index (χ3v) is 5.12. The molecule has 27 heavy (non-hydrogen) atoms. The maximum atomic E-state index is 6.22. The quantitative estimate of drug-likeness (QED) is 0.675. The summed E-state index contributed by atoms with van der Waals surface area (Å²) in [6, 6.07) is 5.91. The molecule has 3 rings (SSSR count). The molecule has 0 radical (unpaired) electrons.